The minimum Gasteiger partial charge on any atom is -0.379 e. The van der Waals surface area contributed by atoms with Gasteiger partial charge in [0, 0.05) is 25.7 Å². The Morgan fingerprint density at radius 3 is 2.25 bits per heavy atom. The van der Waals surface area contributed by atoms with Gasteiger partial charge in [0.25, 0.3) is 0 Å². The van der Waals surface area contributed by atoms with E-state index in [0.29, 0.717) is 17.9 Å². The van der Waals surface area contributed by atoms with Gasteiger partial charge in [-0.2, -0.15) is 0 Å². The van der Waals surface area contributed by atoms with E-state index in [0.717, 1.165) is 51.9 Å². The fourth-order valence-electron chi connectivity index (χ4n) is 2.87. The van der Waals surface area contributed by atoms with Crippen molar-refractivity contribution in [2.24, 2.45) is 23.5 Å². The fourth-order valence-corrected chi connectivity index (χ4v) is 2.87. The van der Waals surface area contributed by atoms with Gasteiger partial charge in [0.1, 0.15) is 0 Å². The predicted molar refractivity (Wildman–Crippen MR) is 85.9 cm³/mol. The van der Waals surface area contributed by atoms with Crippen LogP contribution in [0, 0.1) is 17.8 Å². The lowest BCUT2D eigenvalue weighted by Gasteiger charge is -2.36. The van der Waals surface area contributed by atoms with Crippen LogP contribution in [-0.4, -0.2) is 56.9 Å². The number of hydrogen-bond acceptors (Lipinski definition) is 4. The van der Waals surface area contributed by atoms with Crippen LogP contribution in [-0.2, 0) is 4.74 Å². The predicted octanol–water partition coefficient (Wildman–Crippen LogP) is 1.55. The molecule has 4 heteroatoms. The van der Waals surface area contributed by atoms with Gasteiger partial charge in [0.15, 0.2) is 0 Å². The second kappa shape index (κ2) is 9.72. The monoisotopic (exact) mass is 285 g/mol. The van der Waals surface area contributed by atoms with E-state index in [4.69, 9.17) is 10.5 Å². The smallest absolute Gasteiger partial charge is 0.0594 e. The Bertz CT molecular complexity index is 240. The van der Waals surface area contributed by atoms with E-state index in [9.17, 15) is 0 Å². The molecule has 1 aliphatic rings. The van der Waals surface area contributed by atoms with Crippen molar-refractivity contribution in [2.75, 3.05) is 45.9 Å². The SMILES string of the molecule is CC(C)CC(CNCC(CN)C(C)C)N1CCOCC1. The second-order valence-electron chi connectivity index (χ2n) is 6.83. The van der Waals surface area contributed by atoms with Gasteiger partial charge < -0.3 is 15.8 Å². The molecule has 1 heterocycles. The Labute approximate surface area is 125 Å². The largest absolute Gasteiger partial charge is 0.379 e. The molecule has 0 aromatic carbocycles. The molecule has 0 bridgehead atoms. The Balaban J connectivity index is 2.39. The number of nitrogens with one attached hydrogen (secondary N) is 1. The van der Waals surface area contributed by atoms with Gasteiger partial charge in [-0.05, 0) is 37.3 Å². The summed E-state index contributed by atoms with van der Waals surface area (Å²) < 4.78 is 5.47. The Morgan fingerprint density at radius 1 is 1.10 bits per heavy atom. The summed E-state index contributed by atoms with van der Waals surface area (Å²) in [5.41, 5.74) is 5.85. The highest BCUT2D eigenvalue weighted by Crippen LogP contribution is 2.13. The summed E-state index contributed by atoms with van der Waals surface area (Å²) in [5.74, 6) is 1.97. The third kappa shape index (κ3) is 6.53. The zero-order valence-electron chi connectivity index (χ0n) is 13.9. The van der Waals surface area contributed by atoms with E-state index in [2.05, 4.69) is 37.9 Å². The van der Waals surface area contributed by atoms with Crippen molar-refractivity contribution in [2.45, 2.75) is 40.2 Å². The van der Waals surface area contributed by atoms with Crippen LogP contribution >= 0.6 is 0 Å². The topological polar surface area (TPSA) is 50.5 Å². The van der Waals surface area contributed by atoms with Gasteiger partial charge in [-0.25, -0.2) is 0 Å². The number of hydrogen-bond donors (Lipinski definition) is 2. The number of morpholine rings is 1. The van der Waals surface area contributed by atoms with E-state index in [1.54, 1.807) is 0 Å². The summed E-state index contributed by atoms with van der Waals surface area (Å²) in [4.78, 5) is 2.59. The van der Waals surface area contributed by atoms with E-state index >= 15 is 0 Å². The Kier molecular flexibility index (Phi) is 8.69. The molecule has 0 saturated carbocycles. The first-order chi connectivity index (χ1) is 9.54. The van der Waals surface area contributed by atoms with Gasteiger partial charge in [-0.3, -0.25) is 4.90 Å². The molecular weight excluding hydrogens is 250 g/mol. The molecule has 1 saturated heterocycles. The summed E-state index contributed by atoms with van der Waals surface area (Å²) in [5, 5.41) is 3.66. The molecule has 0 amide bonds. The standard InChI is InChI=1S/C16H35N3O/c1-13(2)9-16(19-5-7-20-8-6-19)12-18-11-15(10-17)14(3)4/h13-16,18H,5-12,17H2,1-4H3. The Morgan fingerprint density at radius 2 is 1.75 bits per heavy atom. The summed E-state index contributed by atoms with van der Waals surface area (Å²) in [7, 11) is 0. The molecule has 1 aliphatic heterocycles. The van der Waals surface area contributed by atoms with Gasteiger partial charge >= 0.3 is 0 Å². The third-order valence-electron chi connectivity index (χ3n) is 4.34. The van der Waals surface area contributed by atoms with Crippen LogP contribution in [0.5, 0.6) is 0 Å². The molecule has 1 rings (SSSR count). The molecule has 20 heavy (non-hydrogen) atoms. The highest BCUT2D eigenvalue weighted by atomic mass is 16.5. The zero-order chi connectivity index (χ0) is 15.0. The maximum Gasteiger partial charge on any atom is 0.0594 e. The number of nitrogens with two attached hydrogens (primary N) is 1. The number of nitrogens with zero attached hydrogens (tertiary/aromatic N) is 1. The van der Waals surface area contributed by atoms with Crippen molar-refractivity contribution in [3.63, 3.8) is 0 Å². The second-order valence-corrected chi connectivity index (χ2v) is 6.83. The normalized spacial score (nSPS) is 20.6. The molecule has 0 aliphatic carbocycles. The van der Waals surface area contributed by atoms with Crippen molar-refractivity contribution in [1.82, 2.24) is 10.2 Å². The quantitative estimate of drug-likeness (QED) is 0.675. The van der Waals surface area contributed by atoms with Crippen LogP contribution in [0.15, 0.2) is 0 Å². The first kappa shape index (κ1) is 17.9. The van der Waals surface area contributed by atoms with Crippen molar-refractivity contribution < 1.29 is 4.74 Å². The zero-order valence-corrected chi connectivity index (χ0v) is 13.9. The molecule has 0 radical (unpaired) electrons. The highest BCUT2D eigenvalue weighted by Gasteiger charge is 2.22. The van der Waals surface area contributed by atoms with Crippen LogP contribution in [0.1, 0.15) is 34.1 Å². The fraction of sp³-hybridized carbons (Fsp3) is 1.00. The lowest BCUT2D eigenvalue weighted by Crippen LogP contribution is -2.49. The Hall–Kier alpha value is -0.160. The van der Waals surface area contributed by atoms with E-state index in [1.165, 1.54) is 6.42 Å². The molecule has 4 nitrogen and oxygen atoms in total. The average molecular weight is 285 g/mol. The molecule has 1 fully saturated rings. The highest BCUT2D eigenvalue weighted by molar-refractivity contribution is 4.78. The number of ether oxygens (including phenoxy) is 1. The average Bonchev–Trinajstić information content (AvgIpc) is 2.42. The van der Waals surface area contributed by atoms with Gasteiger partial charge in [-0.15, -0.1) is 0 Å². The molecule has 2 atom stereocenters. The number of rotatable bonds is 9. The minimum absolute atomic E-state index is 0.583. The molecule has 2 unspecified atom stereocenters. The van der Waals surface area contributed by atoms with E-state index in [1.807, 2.05) is 0 Å². The molecule has 0 spiro atoms. The van der Waals surface area contributed by atoms with Crippen LogP contribution in [0.4, 0.5) is 0 Å². The summed E-state index contributed by atoms with van der Waals surface area (Å²) in [6.45, 7) is 15.9. The van der Waals surface area contributed by atoms with Crippen LogP contribution in [0.3, 0.4) is 0 Å². The maximum absolute atomic E-state index is 5.85. The van der Waals surface area contributed by atoms with Gasteiger partial charge in [0.2, 0.25) is 0 Å². The van der Waals surface area contributed by atoms with Crippen molar-refractivity contribution >= 4 is 0 Å². The van der Waals surface area contributed by atoms with E-state index in [-0.39, 0.29) is 0 Å². The first-order valence-electron chi connectivity index (χ1n) is 8.27. The van der Waals surface area contributed by atoms with Crippen molar-refractivity contribution in [3.05, 3.63) is 0 Å². The third-order valence-corrected chi connectivity index (χ3v) is 4.34. The first-order valence-corrected chi connectivity index (χ1v) is 8.27. The van der Waals surface area contributed by atoms with Crippen molar-refractivity contribution in [1.29, 1.82) is 0 Å². The van der Waals surface area contributed by atoms with E-state index < -0.39 is 0 Å². The summed E-state index contributed by atoms with van der Waals surface area (Å²) >= 11 is 0. The molecule has 0 aromatic rings. The van der Waals surface area contributed by atoms with Gasteiger partial charge in [0.05, 0.1) is 13.2 Å². The molecule has 0 aromatic heterocycles. The summed E-state index contributed by atoms with van der Waals surface area (Å²) in [6.07, 6.45) is 1.25. The molecular formula is C16H35N3O. The van der Waals surface area contributed by atoms with Crippen LogP contribution in [0.2, 0.25) is 0 Å². The van der Waals surface area contributed by atoms with Gasteiger partial charge in [-0.1, -0.05) is 27.7 Å². The lowest BCUT2D eigenvalue weighted by atomic mass is 9.95. The summed E-state index contributed by atoms with van der Waals surface area (Å²) in [6, 6.07) is 0.629. The maximum atomic E-state index is 5.85. The van der Waals surface area contributed by atoms with Crippen LogP contribution < -0.4 is 11.1 Å². The van der Waals surface area contributed by atoms with Crippen LogP contribution in [0.25, 0.3) is 0 Å². The molecule has 120 valence electrons. The minimum atomic E-state index is 0.583. The molecule has 3 N–H and O–H groups in total. The lowest BCUT2D eigenvalue weighted by molar-refractivity contribution is 0.0121. The van der Waals surface area contributed by atoms with Crippen molar-refractivity contribution in [3.8, 4) is 0 Å².